The third-order valence-corrected chi connectivity index (χ3v) is 4.26. The minimum Gasteiger partial charge on any atom is -0.409 e. The molecule has 0 spiro atoms. The van der Waals surface area contributed by atoms with Gasteiger partial charge in [0, 0.05) is 20.1 Å². The molecule has 0 atom stereocenters. The molecule has 20 heavy (non-hydrogen) atoms. The Morgan fingerprint density at radius 3 is 2.50 bits per heavy atom. The van der Waals surface area contributed by atoms with Gasteiger partial charge in [0.2, 0.25) is 0 Å². The van der Waals surface area contributed by atoms with Crippen LogP contribution in [0, 0.1) is 6.92 Å². The number of oxime groups is 1. The van der Waals surface area contributed by atoms with E-state index in [1.165, 1.54) is 38.5 Å². The molecule has 1 aromatic heterocycles. The third kappa shape index (κ3) is 2.73. The highest BCUT2D eigenvalue weighted by Crippen LogP contribution is 2.29. The van der Waals surface area contributed by atoms with Crippen LogP contribution in [0.1, 0.15) is 49.8 Å². The van der Waals surface area contributed by atoms with Gasteiger partial charge in [-0.15, -0.1) is 0 Å². The van der Waals surface area contributed by atoms with Crippen LogP contribution in [-0.4, -0.2) is 33.9 Å². The topological polar surface area (TPSA) is 79.7 Å². The molecule has 1 saturated carbocycles. The first-order chi connectivity index (χ1) is 9.56. The van der Waals surface area contributed by atoms with E-state index in [2.05, 4.69) is 22.2 Å². The Hall–Kier alpha value is -1.72. The SMILES string of the molecule is Cc1nn(C)c(N(C)C2CCCCCC2)c1C(N)=NO. The molecule has 1 fully saturated rings. The maximum Gasteiger partial charge on any atom is 0.175 e. The molecular formula is C14H25N5O. The second kappa shape index (κ2) is 6.15. The van der Waals surface area contributed by atoms with E-state index in [1.807, 2.05) is 18.7 Å². The third-order valence-electron chi connectivity index (χ3n) is 4.26. The summed E-state index contributed by atoms with van der Waals surface area (Å²) < 4.78 is 1.83. The molecule has 6 heteroatoms. The zero-order chi connectivity index (χ0) is 14.7. The Labute approximate surface area is 120 Å². The maximum absolute atomic E-state index is 8.99. The van der Waals surface area contributed by atoms with Crippen LogP contribution in [0.15, 0.2) is 5.16 Å². The van der Waals surface area contributed by atoms with Gasteiger partial charge >= 0.3 is 0 Å². The summed E-state index contributed by atoms with van der Waals surface area (Å²) in [6.45, 7) is 1.89. The van der Waals surface area contributed by atoms with E-state index in [9.17, 15) is 0 Å². The Morgan fingerprint density at radius 2 is 1.95 bits per heavy atom. The predicted molar refractivity (Wildman–Crippen MR) is 80.3 cm³/mol. The maximum atomic E-state index is 8.99. The van der Waals surface area contributed by atoms with Gasteiger partial charge in [0.15, 0.2) is 5.84 Å². The van der Waals surface area contributed by atoms with Gasteiger partial charge in [-0.25, -0.2) is 0 Å². The van der Waals surface area contributed by atoms with Crippen LogP contribution in [0.4, 0.5) is 5.82 Å². The fourth-order valence-corrected chi connectivity index (χ4v) is 3.22. The fourth-order valence-electron chi connectivity index (χ4n) is 3.22. The fraction of sp³-hybridized carbons (Fsp3) is 0.714. The number of hydrogen-bond acceptors (Lipinski definition) is 4. The van der Waals surface area contributed by atoms with Gasteiger partial charge in [0.05, 0.1) is 11.3 Å². The molecule has 0 bridgehead atoms. The molecule has 1 aliphatic carbocycles. The average molecular weight is 279 g/mol. The van der Waals surface area contributed by atoms with Crippen LogP contribution < -0.4 is 10.6 Å². The molecule has 112 valence electrons. The Morgan fingerprint density at radius 1 is 1.35 bits per heavy atom. The van der Waals surface area contributed by atoms with Crippen LogP contribution in [0.25, 0.3) is 0 Å². The lowest BCUT2D eigenvalue weighted by Gasteiger charge is -2.29. The average Bonchev–Trinajstić information content (AvgIpc) is 2.63. The lowest BCUT2D eigenvalue weighted by Crippen LogP contribution is -2.34. The van der Waals surface area contributed by atoms with Crippen molar-refractivity contribution in [1.82, 2.24) is 9.78 Å². The summed E-state index contributed by atoms with van der Waals surface area (Å²) in [5.41, 5.74) is 7.36. The molecule has 0 saturated heterocycles. The summed E-state index contributed by atoms with van der Waals surface area (Å²) in [6, 6.07) is 0.498. The van der Waals surface area contributed by atoms with Crippen molar-refractivity contribution in [1.29, 1.82) is 0 Å². The molecule has 3 N–H and O–H groups in total. The molecular weight excluding hydrogens is 254 g/mol. The number of anilines is 1. The second-order valence-electron chi connectivity index (χ2n) is 5.65. The lowest BCUT2D eigenvalue weighted by atomic mass is 10.1. The van der Waals surface area contributed by atoms with Crippen molar-refractivity contribution < 1.29 is 5.21 Å². The number of hydrogen-bond donors (Lipinski definition) is 2. The number of aryl methyl sites for hydroxylation is 2. The van der Waals surface area contributed by atoms with Gasteiger partial charge in [-0.2, -0.15) is 5.10 Å². The van der Waals surface area contributed by atoms with E-state index in [0.29, 0.717) is 6.04 Å². The number of rotatable bonds is 3. The zero-order valence-corrected chi connectivity index (χ0v) is 12.6. The number of amidine groups is 1. The Bertz CT molecular complexity index is 486. The van der Waals surface area contributed by atoms with Crippen molar-refractivity contribution in [2.24, 2.45) is 17.9 Å². The number of nitrogens with two attached hydrogens (primary N) is 1. The van der Waals surface area contributed by atoms with Gasteiger partial charge in [-0.3, -0.25) is 4.68 Å². The quantitative estimate of drug-likeness (QED) is 0.291. The van der Waals surface area contributed by atoms with Crippen molar-refractivity contribution in [3.63, 3.8) is 0 Å². The highest BCUT2D eigenvalue weighted by Gasteiger charge is 2.25. The van der Waals surface area contributed by atoms with Crippen LogP contribution in [0.3, 0.4) is 0 Å². The molecule has 0 unspecified atom stereocenters. The molecule has 0 radical (unpaired) electrons. The van der Waals surface area contributed by atoms with E-state index in [-0.39, 0.29) is 5.84 Å². The highest BCUT2D eigenvalue weighted by molar-refractivity contribution is 6.02. The monoisotopic (exact) mass is 279 g/mol. The van der Waals surface area contributed by atoms with E-state index in [4.69, 9.17) is 10.9 Å². The van der Waals surface area contributed by atoms with Crippen molar-refractivity contribution in [2.75, 3.05) is 11.9 Å². The minimum absolute atomic E-state index is 0.131. The summed E-state index contributed by atoms with van der Waals surface area (Å²) in [5, 5.41) is 16.6. The summed E-state index contributed by atoms with van der Waals surface area (Å²) in [5.74, 6) is 1.07. The normalized spacial score (nSPS) is 18.1. The summed E-state index contributed by atoms with van der Waals surface area (Å²) in [6.07, 6.45) is 7.56. The van der Waals surface area contributed by atoms with Gasteiger partial charge in [0.25, 0.3) is 0 Å². The standard InChI is InChI=1S/C14H25N5O/c1-10-12(13(15)17-20)14(19(3)16-10)18(2)11-8-6-4-5-7-9-11/h11,20H,4-9H2,1-3H3,(H2,15,17). The first-order valence-electron chi connectivity index (χ1n) is 7.30. The van der Waals surface area contributed by atoms with Crippen LogP contribution in [0.5, 0.6) is 0 Å². The molecule has 1 aliphatic rings. The Balaban J connectivity index is 2.35. The highest BCUT2D eigenvalue weighted by atomic mass is 16.4. The molecule has 6 nitrogen and oxygen atoms in total. The van der Waals surface area contributed by atoms with E-state index in [1.54, 1.807) is 0 Å². The largest absolute Gasteiger partial charge is 0.409 e. The molecule has 0 amide bonds. The lowest BCUT2D eigenvalue weighted by molar-refractivity contribution is 0.318. The molecule has 0 aromatic carbocycles. The van der Waals surface area contributed by atoms with Gasteiger partial charge in [-0.05, 0) is 19.8 Å². The van der Waals surface area contributed by atoms with Crippen LogP contribution in [-0.2, 0) is 7.05 Å². The zero-order valence-electron chi connectivity index (χ0n) is 12.6. The van der Waals surface area contributed by atoms with Crippen molar-refractivity contribution >= 4 is 11.7 Å². The van der Waals surface area contributed by atoms with E-state index in [0.717, 1.165) is 17.1 Å². The molecule has 1 heterocycles. The Kier molecular flexibility index (Phi) is 4.52. The van der Waals surface area contributed by atoms with E-state index >= 15 is 0 Å². The van der Waals surface area contributed by atoms with Crippen molar-refractivity contribution in [2.45, 2.75) is 51.5 Å². The van der Waals surface area contributed by atoms with Crippen LogP contribution >= 0.6 is 0 Å². The first-order valence-corrected chi connectivity index (χ1v) is 7.30. The second-order valence-corrected chi connectivity index (χ2v) is 5.65. The smallest absolute Gasteiger partial charge is 0.175 e. The number of aromatic nitrogens is 2. The summed E-state index contributed by atoms with van der Waals surface area (Å²) in [7, 11) is 3.99. The van der Waals surface area contributed by atoms with Gasteiger partial charge in [0.1, 0.15) is 5.82 Å². The number of nitrogens with zero attached hydrogens (tertiary/aromatic N) is 4. The predicted octanol–water partition coefficient (Wildman–Crippen LogP) is 1.98. The van der Waals surface area contributed by atoms with Gasteiger partial charge in [-0.1, -0.05) is 30.8 Å². The summed E-state index contributed by atoms with van der Waals surface area (Å²) in [4.78, 5) is 2.25. The van der Waals surface area contributed by atoms with Crippen molar-refractivity contribution in [3.05, 3.63) is 11.3 Å². The minimum atomic E-state index is 0.131. The summed E-state index contributed by atoms with van der Waals surface area (Å²) >= 11 is 0. The molecule has 1 aromatic rings. The van der Waals surface area contributed by atoms with E-state index < -0.39 is 0 Å². The van der Waals surface area contributed by atoms with Crippen LogP contribution in [0.2, 0.25) is 0 Å². The first kappa shape index (κ1) is 14.7. The van der Waals surface area contributed by atoms with Crippen molar-refractivity contribution in [3.8, 4) is 0 Å². The van der Waals surface area contributed by atoms with Gasteiger partial charge < -0.3 is 15.8 Å². The molecule has 2 rings (SSSR count). The molecule has 0 aliphatic heterocycles.